The molecule has 0 aliphatic heterocycles. The maximum absolute atomic E-state index is 13.7. The van der Waals surface area contributed by atoms with Gasteiger partial charge in [-0.15, -0.1) is 0 Å². The van der Waals surface area contributed by atoms with Crippen LogP contribution in [-0.4, -0.2) is 30.7 Å². The minimum atomic E-state index is -3.07. The molecule has 7 heteroatoms. The number of furan rings is 1. The Labute approximate surface area is 123 Å². The van der Waals surface area contributed by atoms with Crippen molar-refractivity contribution < 1.29 is 22.7 Å². The van der Waals surface area contributed by atoms with E-state index >= 15 is 0 Å². The SMILES string of the molecule is CC(NCC(F)(F)CNC(=O)OC(C)(C)C)c1ccoc1. The van der Waals surface area contributed by atoms with E-state index in [9.17, 15) is 13.6 Å². The predicted molar refractivity (Wildman–Crippen MR) is 74.3 cm³/mol. The molecule has 2 N–H and O–H groups in total. The van der Waals surface area contributed by atoms with Crippen LogP contribution in [0, 0.1) is 0 Å². The predicted octanol–water partition coefficient (Wildman–Crippen LogP) is 3.09. The van der Waals surface area contributed by atoms with Crippen molar-refractivity contribution in [2.45, 2.75) is 45.3 Å². The number of alkyl halides is 2. The Morgan fingerprint density at radius 1 is 1.38 bits per heavy atom. The molecule has 0 radical (unpaired) electrons. The lowest BCUT2D eigenvalue weighted by Gasteiger charge is -2.23. The molecule has 1 amide bonds. The van der Waals surface area contributed by atoms with Crippen LogP contribution in [0.1, 0.15) is 39.3 Å². The van der Waals surface area contributed by atoms with Gasteiger partial charge in [0.2, 0.25) is 0 Å². The van der Waals surface area contributed by atoms with Crippen LogP contribution in [0.15, 0.2) is 23.0 Å². The first-order valence-corrected chi connectivity index (χ1v) is 6.69. The second kappa shape index (κ2) is 6.89. The molecule has 1 heterocycles. The van der Waals surface area contributed by atoms with Gasteiger partial charge in [-0.05, 0) is 33.8 Å². The molecule has 0 aromatic carbocycles. The van der Waals surface area contributed by atoms with E-state index < -0.39 is 30.7 Å². The highest BCUT2D eigenvalue weighted by Gasteiger charge is 2.31. The fourth-order valence-electron chi connectivity index (χ4n) is 1.52. The minimum absolute atomic E-state index is 0.267. The van der Waals surface area contributed by atoms with Crippen LogP contribution in [-0.2, 0) is 4.74 Å². The van der Waals surface area contributed by atoms with Crippen molar-refractivity contribution in [1.29, 1.82) is 0 Å². The van der Waals surface area contributed by atoms with Gasteiger partial charge in [0.1, 0.15) is 5.60 Å². The smallest absolute Gasteiger partial charge is 0.407 e. The van der Waals surface area contributed by atoms with E-state index in [-0.39, 0.29) is 6.04 Å². The van der Waals surface area contributed by atoms with E-state index in [1.807, 2.05) is 0 Å². The lowest BCUT2D eigenvalue weighted by Crippen LogP contribution is -2.45. The Balaban J connectivity index is 2.35. The average Bonchev–Trinajstić information content (AvgIpc) is 2.85. The molecule has 21 heavy (non-hydrogen) atoms. The number of carbonyl (C=O) groups excluding carboxylic acids is 1. The average molecular weight is 304 g/mol. The summed E-state index contributed by atoms with van der Waals surface area (Å²) < 4.78 is 37.1. The number of carbonyl (C=O) groups is 1. The van der Waals surface area contributed by atoms with Crippen molar-refractivity contribution in [2.24, 2.45) is 0 Å². The van der Waals surface area contributed by atoms with Crippen molar-refractivity contribution in [1.82, 2.24) is 10.6 Å². The summed E-state index contributed by atoms with van der Waals surface area (Å²) in [6, 6.07) is 1.44. The largest absolute Gasteiger partial charge is 0.472 e. The zero-order valence-electron chi connectivity index (χ0n) is 12.7. The first kappa shape index (κ1) is 17.4. The fraction of sp³-hybridized carbons (Fsp3) is 0.643. The van der Waals surface area contributed by atoms with Gasteiger partial charge < -0.3 is 19.8 Å². The molecular weight excluding hydrogens is 282 g/mol. The summed E-state index contributed by atoms with van der Waals surface area (Å²) in [5.74, 6) is -3.07. The van der Waals surface area contributed by atoms with E-state index in [1.54, 1.807) is 33.8 Å². The normalized spacial score (nSPS) is 13.8. The number of nitrogens with one attached hydrogen (secondary N) is 2. The number of amides is 1. The van der Waals surface area contributed by atoms with E-state index in [4.69, 9.17) is 9.15 Å². The third kappa shape index (κ3) is 7.08. The van der Waals surface area contributed by atoms with E-state index in [2.05, 4.69) is 10.6 Å². The summed E-state index contributed by atoms with van der Waals surface area (Å²) in [5, 5.41) is 4.76. The van der Waals surface area contributed by atoms with Crippen LogP contribution in [0.2, 0.25) is 0 Å². The van der Waals surface area contributed by atoms with Gasteiger partial charge in [0.05, 0.1) is 25.6 Å². The Bertz CT molecular complexity index is 442. The summed E-state index contributed by atoms with van der Waals surface area (Å²) >= 11 is 0. The van der Waals surface area contributed by atoms with Crippen molar-refractivity contribution in [2.75, 3.05) is 13.1 Å². The van der Waals surface area contributed by atoms with Gasteiger partial charge in [-0.2, -0.15) is 0 Å². The molecule has 0 bridgehead atoms. The summed E-state index contributed by atoms with van der Waals surface area (Å²) in [6.07, 6.45) is 2.12. The van der Waals surface area contributed by atoms with Crippen LogP contribution in [0.3, 0.4) is 0 Å². The third-order valence-electron chi connectivity index (χ3n) is 2.60. The molecule has 120 valence electrons. The highest BCUT2D eigenvalue weighted by atomic mass is 19.3. The summed E-state index contributed by atoms with van der Waals surface area (Å²) in [6.45, 7) is 5.40. The molecule has 1 aromatic rings. The first-order chi connectivity index (χ1) is 9.59. The van der Waals surface area contributed by atoms with Gasteiger partial charge >= 0.3 is 6.09 Å². The Kier molecular flexibility index (Phi) is 5.71. The molecule has 5 nitrogen and oxygen atoms in total. The highest BCUT2D eigenvalue weighted by molar-refractivity contribution is 5.67. The zero-order valence-corrected chi connectivity index (χ0v) is 12.7. The Morgan fingerprint density at radius 2 is 2.05 bits per heavy atom. The number of hydrogen-bond donors (Lipinski definition) is 2. The summed E-state index contributed by atoms with van der Waals surface area (Å²) in [4.78, 5) is 11.3. The minimum Gasteiger partial charge on any atom is -0.472 e. The van der Waals surface area contributed by atoms with E-state index in [0.717, 1.165) is 5.56 Å². The van der Waals surface area contributed by atoms with Crippen LogP contribution >= 0.6 is 0 Å². The number of alkyl carbamates (subject to hydrolysis) is 1. The molecule has 0 fully saturated rings. The number of hydrogen-bond acceptors (Lipinski definition) is 4. The first-order valence-electron chi connectivity index (χ1n) is 6.69. The van der Waals surface area contributed by atoms with Crippen LogP contribution in [0.4, 0.5) is 13.6 Å². The van der Waals surface area contributed by atoms with Gasteiger partial charge in [0, 0.05) is 11.6 Å². The standard InChI is InChI=1S/C14H22F2N2O3/c1-10(11-5-6-20-7-11)17-8-14(15,16)9-18-12(19)21-13(2,3)4/h5-7,10,17H,8-9H2,1-4H3,(H,18,19). The highest BCUT2D eigenvalue weighted by Crippen LogP contribution is 2.16. The number of rotatable bonds is 6. The lowest BCUT2D eigenvalue weighted by molar-refractivity contribution is -0.00526. The topological polar surface area (TPSA) is 63.5 Å². The zero-order chi connectivity index (χ0) is 16.1. The van der Waals surface area contributed by atoms with Crippen molar-refractivity contribution >= 4 is 6.09 Å². The quantitative estimate of drug-likeness (QED) is 0.847. The molecule has 0 saturated carbocycles. The van der Waals surface area contributed by atoms with Crippen molar-refractivity contribution in [3.8, 4) is 0 Å². The molecule has 1 aromatic heterocycles. The molecule has 0 aliphatic rings. The number of ether oxygens (including phenoxy) is 1. The molecule has 1 atom stereocenters. The van der Waals surface area contributed by atoms with Gasteiger partial charge in [-0.1, -0.05) is 0 Å². The molecular formula is C14H22F2N2O3. The number of halogens is 2. The molecule has 0 saturated heterocycles. The molecule has 1 rings (SSSR count). The van der Waals surface area contributed by atoms with E-state index in [1.165, 1.54) is 12.5 Å². The van der Waals surface area contributed by atoms with Gasteiger partial charge in [-0.25, -0.2) is 13.6 Å². The van der Waals surface area contributed by atoms with Gasteiger partial charge in [0.25, 0.3) is 5.92 Å². The van der Waals surface area contributed by atoms with Crippen molar-refractivity contribution in [3.05, 3.63) is 24.2 Å². The van der Waals surface area contributed by atoms with Crippen LogP contribution in [0.25, 0.3) is 0 Å². The molecule has 1 unspecified atom stereocenters. The van der Waals surface area contributed by atoms with Gasteiger partial charge in [-0.3, -0.25) is 0 Å². The van der Waals surface area contributed by atoms with Crippen LogP contribution < -0.4 is 10.6 Å². The lowest BCUT2D eigenvalue weighted by atomic mass is 10.2. The van der Waals surface area contributed by atoms with Crippen molar-refractivity contribution in [3.63, 3.8) is 0 Å². The molecule has 0 spiro atoms. The molecule has 0 aliphatic carbocycles. The van der Waals surface area contributed by atoms with E-state index in [0.29, 0.717) is 0 Å². The Hall–Kier alpha value is -1.63. The second-order valence-electron chi connectivity index (χ2n) is 5.87. The monoisotopic (exact) mass is 304 g/mol. The second-order valence-corrected chi connectivity index (χ2v) is 5.87. The maximum Gasteiger partial charge on any atom is 0.407 e. The van der Waals surface area contributed by atoms with Gasteiger partial charge in [0.15, 0.2) is 0 Å². The summed E-state index contributed by atoms with van der Waals surface area (Å²) in [5.41, 5.74) is 0.0684. The third-order valence-corrected chi connectivity index (χ3v) is 2.60. The summed E-state index contributed by atoms with van der Waals surface area (Å²) in [7, 11) is 0. The maximum atomic E-state index is 13.7. The van der Waals surface area contributed by atoms with Crippen LogP contribution in [0.5, 0.6) is 0 Å². The Morgan fingerprint density at radius 3 is 2.57 bits per heavy atom. The fourth-order valence-corrected chi connectivity index (χ4v) is 1.52.